The second kappa shape index (κ2) is 9.70. The van der Waals surface area contributed by atoms with Crippen molar-refractivity contribution in [3.05, 3.63) is 10.9 Å². The van der Waals surface area contributed by atoms with Gasteiger partial charge < -0.3 is 19.7 Å². The van der Waals surface area contributed by atoms with Gasteiger partial charge in [-0.1, -0.05) is 11.3 Å². The number of hydrogen-bond acceptors (Lipinski definition) is 8. The van der Waals surface area contributed by atoms with Gasteiger partial charge in [0.2, 0.25) is 0 Å². The number of hydrogen-bond donors (Lipinski definition) is 1. The predicted molar refractivity (Wildman–Crippen MR) is 118 cm³/mol. The molecule has 1 N–H and O–H groups in total. The molecule has 2 atom stereocenters. The van der Waals surface area contributed by atoms with Crippen molar-refractivity contribution in [2.24, 2.45) is 5.92 Å². The lowest BCUT2D eigenvalue weighted by Crippen LogP contribution is -2.52. The van der Waals surface area contributed by atoms with Crippen molar-refractivity contribution in [3.8, 4) is 0 Å². The Kier molecular flexibility index (Phi) is 7.02. The van der Waals surface area contributed by atoms with E-state index in [1.807, 2.05) is 6.07 Å². The summed E-state index contributed by atoms with van der Waals surface area (Å²) in [6, 6.07) is 2.29. The van der Waals surface area contributed by atoms with E-state index in [-0.39, 0.29) is 5.91 Å². The van der Waals surface area contributed by atoms with E-state index in [1.165, 1.54) is 11.3 Å². The third kappa shape index (κ3) is 4.74. The molecule has 0 aliphatic carbocycles. The van der Waals surface area contributed by atoms with Gasteiger partial charge in [0, 0.05) is 51.3 Å². The molecule has 7 nitrogen and oxygen atoms in total. The summed E-state index contributed by atoms with van der Waals surface area (Å²) in [6.07, 6.45) is 1.06. The van der Waals surface area contributed by atoms with Crippen LogP contribution in [-0.4, -0.2) is 81.0 Å². The quantitative estimate of drug-likeness (QED) is 0.684. The van der Waals surface area contributed by atoms with Gasteiger partial charge in [-0.3, -0.25) is 9.69 Å². The fourth-order valence-electron chi connectivity index (χ4n) is 4.11. The molecule has 29 heavy (non-hydrogen) atoms. The first-order valence-corrected chi connectivity index (χ1v) is 12.2. The van der Waals surface area contributed by atoms with E-state index in [9.17, 15) is 4.79 Å². The molecule has 2 saturated heterocycles. The molecule has 2 aliphatic heterocycles. The van der Waals surface area contributed by atoms with E-state index in [2.05, 4.69) is 29.0 Å². The third-order valence-corrected chi connectivity index (χ3v) is 8.05. The number of thiazole rings is 1. The molecular formula is C20H30N4O3S2. The minimum atomic E-state index is 0.00163. The molecule has 2 aromatic heterocycles. The largest absolute Gasteiger partial charge is 0.381 e. The molecule has 0 spiro atoms. The smallest absolute Gasteiger partial charge is 0.261 e. The maximum Gasteiger partial charge on any atom is 0.261 e. The lowest BCUT2D eigenvalue weighted by molar-refractivity contribution is 0.00167. The molecule has 4 rings (SSSR count). The van der Waals surface area contributed by atoms with Gasteiger partial charge in [0.15, 0.2) is 5.13 Å². The van der Waals surface area contributed by atoms with Crippen LogP contribution in [0.15, 0.2) is 6.07 Å². The Morgan fingerprint density at radius 3 is 2.72 bits per heavy atom. The molecule has 2 aromatic rings. The van der Waals surface area contributed by atoms with Crippen LogP contribution in [0.3, 0.4) is 0 Å². The minimum Gasteiger partial charge on any atom is -0.381 e. The van der Waals surface area contributed by atoms with Crippen LogP contribution in [0.2, 0.25) is 0 Å². The standard InChI is InChI=1S/C20H30N4O3S2/c1-3-23(4-2)20-22-19-17(29-20)11-16(28-19)18(25)21-12-15(14-5-8-27-13-14)24-6-9-26-10-7-24/h11,14-15H,3-10,12-13H2,1-2H3,(H,21,25). The lowest BCUT2D eigenvalue weighted by atomic mass is 9.97. The molecule has 2 unspecified atom stereocenters. The topological polar surface area (TPSA) is 66.9 Å². The Morgan fingerprint density at radius 2 is 2.07 bits per heavy atom. The summed E-state index contributed by atoms with van der Waals surface area (Å²) in [5.74, 6) is 0.472. The molecule has 2 fully saturated rings. The van der Waals surface area contributed by atoms with Crippen LogP contribution in [-0.2, 0) is 9.47 Å². The number of fused-ring (bicyclic) bond motifs is 1. The Balaban J connectivity index is 1.41. The maximum atomic E-state index is 12.8. The zero-order valence-electron chi connectivity index (χ0n) is 17.2. The number of rotatable bonds is 8. The highest BCUT2D eigenvalue weighted by atomic mass is 32.1. The number of amides is 1. The van der Waals surface area contributed by atoms with E-state index >= 15 is 0 Å². The molecule has 160 valence electrons. The summed E-state index contributed by atoms with van der Waals surface area (Å²) < 4.78 is 12.2. The molecule has 0 radical (unpaired) electrons. The van der Waals surface area contributed by atoms with Crippen molar-refractivity contribution in [2.45, 2.75) is 26.3 Å². The van der Waals surface area contributed by atoms with Crippen LogP contribution in [0.5, 0.6) is 0 Å². The molecule has 4 heterocycles. The Labute approximate surface area is 180 Å². The number of ether oxygens (including phenoxy) is 2. The number of carbonyl (C=O) groups excluding carboxylic acids is 1. The van der Waals surface area contributed by atoms with Crippen molar-refractivity contribution in [2.75, 3.05) is 64.1 Å². The molecule has 0 aromatic carbocycles. The van der Waals surface area contributed by atoms with E-state index < -0.39 is 0 Å². The fourth-order valence-corrected chi connectivity index (χ4v) is 6.36. The first kappa shape index (κ1) is 21.0. The summed E-state index contributed by atoms with van der Waals surface area (Å²) in [5, 5.41) is 4.22. The fraction of sp³-hybridized carbons (Fsp3) is 0.700. The lowest BCUT2D eigenvalue weighted by Gasteiger charge is -2.37. The van der Waals surface area contributed by atoms with Crippen molar-refractivity contribution >= 4 is 43.2 Å². The van der Waals surface area contributed by atoms with Crippen LogP contribution < -0.4 is 10.2 Å². The summed E-state index contributed by atoms with van der Waals surface area (Å²) in [7, 11) is 0. The van der Waals surface area contributed by atoms with E-state index in [4.69, 9.17) is 14.5 Å². The van der Waals surface area contributed by atoms with E-state index in [0.717, 1.165) is 78.6 Å². The second-order valence-corrected chi connectivity index (χ2v) is 9.54. The monoisotopic (exact) mass is 438 g/mol. The highest BCUT2D eigenvalue weighted by Gasteiger charge is 2.32. The summed E-state index contributed by atoms with van der Waals surface area (Å²) >= 11 is 3.15. The minimum absolute atomic E-state index is 0.00163. The predicted octanol–water partition coefficient (Wildman–Crippen LogP) is 2.67. The molecule has 0 saturated carbocycles. The zero-order valence-corrected chi connectivity index (χ0v) is 18.8. The average molecular weight is 439 g/mol. The van der Waals surface area contributed by atoms with E-state index in [1.54, 1.807) is 11.3 Å². The number of anilines is 1. The average Bonchev–Trinajstić information content (AvgIpc) is 3.47. The van der Waals surface area contributed by atoms with Crippen LogP contribution in [0.4, 0.5) is 5.13 Å². The summed E-state index contributed by atoms with van der Waals surface area (Å²) in [4.78, 5) is 24.0. The number of nitrogens with one attached hydrogen (secondary N) is 1. The van der Waals surface area contributed by atoms with Gasteiger partial charge >= 0.3 is 0 Å². The van der Waals surface area contributed by atoms with Crippen LogP contribution in [0.25, 0.3) is 9.53 Å². The van der Waals surface area contributed by atoms with Crippen molar-refractivity contribution in [3.63, 3.8) is 0 Å². The summed E-state index contributed by atoms with van der Waals surface area (Å²) in [6.45, 7) is 11.8. The molecular weight excluding hydrogens is 408 g/mol. The number of nitrogens with zero attached hydrogens (tertiary/aromatic N) is 3. The highest BCUT2D eigenvalue weighted by Crippen LogP contribution is 2.34. The molecule has 0 bridgehead atoms. The molecule has 2 aliphatic rings. The van der Waals surface area contributed by atoms with Gasteiger partial charge in [0.1, 0.15) is 4.83 Å². The third-order valence-electron chi connectivity index (χ3n) is 5.83. The van der Waals surface area contributed by atoms with Crippen molar-refractivity contribution in [1.82, 2.24) is 15.2 Å². The maximum absolute atomic E-state index is 12.8. The SMILES string of the molecule is CCN(CC)c1nc2sc(C(=O)NCC(C3CCOC3)N3CCOCC3)cc2s1. The first-order valence-electron chi connectivity index (χ1n) is 10.5. The van der Waals surface area contributed by atoms with Gasteiger partial charge in [-0.2, -0.15) is 0 Å². The zero-order chi connectivity index (χ0) is 20.2. The Hall–Kier alpha value is -1.26. The summed E-state index contributed by atoms with van der Waals surface area (Å²) in [5.41, 5.74) is 0. The van der Waals surface area contributed by atoms with Gasteiger partial charge in [0.05, 0.1) is 29.4 Å². The molecule has 1 amide bonds. The normalized spacial score (nSPS) is 21.5. The number of thiophene rings is 1. The van der Waals surface area contributed by atoms with Gasteiger partial charge in [-0.25, -0.2) is 4.98 Å². The number of carbonyl (C=O) groups is 1. The number of morpholine rings is 1. The molecule has 9 heteroatoms. The van der Waals surface area contributed by atoms with Crippen molar-refractivity contribution in [1.29, 1.82) is 0 Å². The Bertz CT molecular complexity index is 776. The van der Waals surface area contributed by atoms with Gasteiger partial charge in [-0.05, 0) is 26.3 Å². The van der Waals surface area contributed by atoms with Gasteiger partial charge in [0.25, 0.3) is 5.91 Å². The Morgan fingerprint density at radius 1 is 1.28 bits per heavy atom. The first-order chi connectivity index (χ1) is 14.2. The second-order valence-electron chi connectivity index (χ2n) is 7.50. The number of aromatic nitrogens is 1. The van der Waals surface area contributed by atoms with Crippen LogP contribution >= 0.6 is 22.7 Å². The van der Waals surface area contributed by atoms with Crippen LogP contribution in [0, 0.1) is 5.92 Å². The van der Waals surface area contributed by atoms with E-state index in [0.29, 0.717) is 18.5 Å². The van der Waals surface area contributed by atoms with Crippen molar-refractivity contribution < 1.29 is 14.3 Å². The van der Waals surface area contributed by atoms with Gasteiger partial charge in [-0.15, -0.1) is 11.3 Å². The highest BCUT2D eigenvalue weighted by molar-refractivity contribution is 7.29. The van der Waals surface area contributed by atoms with Crippen LogP contribution in [0.1, 0.15) is 29.9 Å².